The number of amides is 2. The highest BCUT2D eigenvalue weighted by molar-refractivity contribution is 6.03. The first-order valence-corrected chi connectivity index (χ1v) is 10.5. The lowest BCUT2D eigenvalue weighted by atomic mass is 9.88. The number of nitrogens with zero attached hydrogens (tertiary/aromatic N) is 2. The van der Waals surface area contributed by atoms with Gasteiger partial charge >= 0.3 is 0 Å². The Kier molecular flexibility index (Phi) is 4.43. The molecule has 0 saturated carbocycles. The molecule has 31 heavy (non-hydrogen) atoms. The third kappa shape index (κ3) is 2.73. The van der Waals surface area contributed by atoms with Crippen LogP contribution in [0.15, 0.2) is 72.8 Å². The van der Waals surface area contributed by atoms with E-state index in [1.165, 1.54) is 29.8 Å². The van der Waals surface area contributed by atoms with Gasteiger partial charge < -0.3 is 9.80 Å². The van der Waals surface area contributed by atoms with Crippen LogP contribution >= 0.6 is 0 Å². The van der Waals surface area contributed by atoms with E-state index in [0.717, 1.165) is 11.1 Å². The molecular weight excluding hydrogens is 391 g/mol. The number of rotatable bonds is 3. The average molecular weight is 414 g/mol. The zero-order valence-electron chi connectivity index (χ0n) is 17.5. The summed E-state index contributed by atoms with van der Waals surface area (Å²) in [6.45, 7) is 5.11. The largest absolute Gasteiger partial charge is 0.306 e. The van der Waals surface area contributed by atoms with Crippen molar-refractivity contribution in [1.82, 2.24) is 9.80 Å². The Balaban J connectivity index is 1.71. The molecular formula is C26H23FN2O2. The van der Waals surface area contributed by atoms with E-state index in [4.69, 9.17) is 0 Å². The maximum atomic E-state index is 13.6. The minimum atomic E-state index is -1.01. The summed E-state index contributed by atoms with van der Waals surface area (Å²) in [5.41, 5.74) is 2.90. The van der Waals surface area contributed by atoms with Crippen LogP contribution in [-0.4, -0.2) is 34.7 Å². The van der Waals surface area contributed by atoms with Crippen LogP contribution in [0.4, 0.5) is 4.39 Å². The van der Waals surface area contributed by atoms with Gasteiger partial charge in [-0.15, -0.1) is 0 Å². The maximum absolute atomic E-state index is 13.6. The van der Waals surface area contributed by atoms with Crippen LogP contribution in [0.2, 0.25) is 0 Å². The van der Waals surface area contributed by atoms with Crippen LogP contribution in [0, 0.1) is 5.82 Å². The van der Waals surface area contributed by atoms with Gasteiger partial charge in [0.05, 0.1) is 0 Å². The summed E-state index contributed by atoms with van der Waals surface area (Å²) in [6, 6.07) is 21.3. The van der Waals surface area contributed by atoms with Crippen molar-refractivity contribution < 1.29 is 14.0 Å². The van der Waals surface area contributed by atoms with Gasteiger partial charge in [0, 0.05) is 35.3 Å². The summed E-state index contributed by atoms with van der Waals surface area (Å²) < 4.78 is 13.5. The molecule has 2 aliphatic rings. The zero-order valence-corrected chi connectivity index (χ0v) is 17.5. The number of fused-ring (bicyclic) bond motifs is 3. The Morgan fingerprint density at radius 3 is 2.29 bits per heavy atom. The molecule has 1 saturated heterocycles. The molecule has 0 aromatic heterocycles. The van der Waals surface area contributed by atoms with Crippen molar-refractivity contribution in [3.8, 4) is 0 Å². The fourth-order valence-corrected chi connectivity index (χ4v) is 4.89. The van der Waals surface area contributed by atoms with Crippen LogP contribution in [0.25, 0.3) is 0 Å². The summed E-state index contributed by atoms with van der Waals surface area (Å²) >= 11 is 0. The molecule has 5 rings (SSSR count). The SMILES string of the molecule is CC(C)c1ccc(C23c4ccccc4C(=O)N2CCN3C(=O)c2ccc(F)cc2)cc1. The summed E-state index contributed by atoms with van der Waals surface area (Å²) in [5.74, 6) is -0.307. The molecule has 0 spiro atoms. The van der Waals surface area contributed by atoms with E-state index in [-0.39, 0.29) is 17.6 Å². The highest BCUT2D eigenvalue weighted by Gasteiger charge is 2.59. The Morgan fingerprint density at radius 2 is 1.61 bits per heavy atom. The fourth-order valence-electron chi connectivity index (χ4n) is 4.89. The highest BCUT2D eigenvalue weighted by Crippen LogP contribution is 2.50. The van der Waals surface area contributed by atoms with Gasteiger partial charge in [0.1, 0.15) is 5.82 Å². The predicted octanol–water partition coefficient (Wildman–Crippen LogP) is 4.76. The van der Waals surface area contributed by atoms with Gasteiger partial charge in [-0.2, -0.15) is 0 Å². The molecule has 2 amide bonds. The molecule has 0 bridgehead atoms. The number of carbonyl (C=O) groups excluding carboxylic acids is 2. The van der Waals surface area contributed by atoms with Crippen LogP contribution in [-0.2, 0) is 5.66 Å². The highest BCUT2D eigenvalue weighted by atomic mass is 19.1. The molecule has 3 aromatic rings. The zero-order chi connectivity index (χ0) is 21.8. The molecule has 2 aliphatic heterocycles. The van der Waals surface area contributed by atoms with Crippen LogP contribution in [0.5, 0.6) is 0 Å². The number of benzene rings is 3. The first kappa shape index (κ1) is 19.5. The molecule has 1 fully saturated rings. The van der Waals surface area contributed by atoms with E-state index < -0.39 is 5.66 Å². The second-order valence-electron chi connectivity index (χ2n) is 8.41. The summed E-state index contributed by atoms with van der Waals surface area (Å²) in [4.78, 5) is 30.5. The normalized spacial score (nSPS) is 19.7. The van der Waals surface area contributed by atoms with Crippen molar-refractivity contribution in [2.75, 3.05) is 13.1 Å². The molecule has 0 N–H and O–H groups in total. The third-order valence-corrected chi connectivity index (χ3v) is 6.42. The first-order valence-electron chi connectivity index (χ1n) is 10.5. The van der Waals surface area contributed by atoms with Crippen LogP contribution in [0.1, 0.15) is 57.2 Å². The molecule has 0 radical (unpaired) electrons. The molecule has 2 heterocycles. The minimum Gasteiger partial charge on any atom is -0.306 e. The molecule has 5 heteroatoms. The Labute approximate surface area is 180 Å². The molecule has 156 valence electrons. The molecule has 1 unspecified atom stereocenters. The smallest absolute Gasteiger partial charge is 0.256 e. The maximum Gasteiger partial charge on any atom is 0.256 e. The van der Waals surface area contributed by atoms with Gasteiger partial charge in [0.15, 0.2) is 5.66 Å². The topological polar surface area (TPSA) is 40.6 Å². The van der Waals surface area contributed by atoms with E-state index in [1.807, 2.05) is 36.4 Å². The van der Waals surface area contributed by atoms with Crippen molar-refractivity contribution in [3.63, 3.8) is 0 Å². The standard InChI is InChI=1S/C26H23FN2O2/c1-17(2)18-7-11-20(12-8-18)26-23-6-4-3-5-22(23)25(31)29(26)16-15-28(26)24(30)19-9-13-21(27)14-10-19/h3-14,17H,15-16H2,1-2H3. The lowest BCUT2D eigenvalue weighted by Crippen LogP contribution is -2.51. The van der Waals surface area contributed by atoms with Crippen molar-refractivity contribution in [3.05, 3.63) is 106 Å². The van der Waals surface area contributed by atoms with Crippen molar-refractivity contribution in [2.24, 2.45) is 0 Å². The summed E-state index contributed by atoms with van der Waals surface area (Å²) in [6.07, 6.45) is 0. The van der Waals surface area contributed by atoms with Gasteiger partial charge in [-0.3, -0.25) is 9.59 Å². The lowest BCUT2D eigenvalue weighted by molar-refractivity contribution is 0.0375. The molecule has 1 atom stereocenters. The lowest BCUT2D eigenvalue weighted by Gasteiger charge is -2.40. The number of halogens is 1. The van der Waals surface area contributed by atoms with Crippen molar-refractivity contribution in [2.45, 2.75) is 25.4 Å². The third-order valence-electron chi connectivity index (χ3n) is 6.42. The van der Waals surface area contributed by atoms with Gasteiger partial charge in [0.2, 0.25) is 0 Å². The van der Waals surface area contributed by atoms with E-state index in [1.54, 1.807) is 9.80 Å². The van der Waals surface area contributed by atoms with E-state index in [2.05, 4.69) is 26.0 Å². The van der Waals surface area contributed by atoms with Gasteiger partial charge in [-0.25, -0.2) is 4.39 Å². The van der Waals surface area contributed by atoms with Crippen molar-refractivity contribution in [1.29, 1.82) is 0 Å². The molecule has 3 aromatic carbocycles. The van der Waals surface area contributed by atoms with Crippen LogP contribution < -0.4 is 0 Å². The van der Waals surface area contributed by atoms with Crippen molar-refractivity contribution >= 4 is 11.8 Å². The number of carbonyl (C=O) groups is 2. The summed E-state index contributed by atoms with van der Waals surface area (Å²) in [5, 5.41) is 0. The Morgan fingerprint density at radius 1 is 0.935 bits per heavy atom. The quantitative estimate of drug-likeness (QED) is 0.620. The van der Waals surface area contributed by atoms with E-state index >= 15 is 0 Å². The average Bonchev–Trinajstić information content (AvgIpc) is 3.30. The predicted molar refractivity (Wildman–Crippen MR) is 116 cm³/mol. The number of hydrogen-bond donors (Lipinski definition) is 0. The fraction of sp³-hybridized carbons (Fsp3) is 0.231. The second kappa shape index (κ2) is 7.05. The van der Waals surface area contributed by atoms with Crippen LogP contribution in [0.3, 0.4) is 0 Å². The summed E-state index contributed by atoms with van der Waals surface area (Å²) in [7, 11) is 0. The Bertz CT molecular complexity index is 1170. The molecule has 0 aliphatic carbocycles. The monoisotopic (exact) mass is 414 g/mol. The minimum absolute atomic E-state index is 0.0713. The van der Waals surface area contributed by atoms with E-state index in [9.17, 15) is 14.0 Å². The number of hydrogen-bond acceptors (Lipinski definition) is 2. The first-order chi connectivity index (χ1) is 14.9. The second-order valence-corrected chi connectivity index (χ2v) is 8.41. The van der Waals surface area contributed by atoms with Gasteiger partial charge in [-0.1, -0.05) is 56.3 Å². The van der Waals surface area contributed by atoms with E-state index in [0.29, 0.717) is 30.1 Å². The van der Waals surface area contributed by atoms with Gasteiger partial charge in [0.25, 0.3) is 11.8 Å². The Hall–Kier alpha value is -3.47. The van der Waals surface area contributed by atoms with Gasteiger partial charge in [-0.05, 0) is 41.8 Å². The molecule has 4 nitrogen and oxygen atoms in total.